The molecule has 538 valence electrons. The van der Waals surface area contributed by atoms with Gasteiger partial charge in [0.05, 0.1) is 6.04 Å². The van der Waals surface area contributed by atoms with Crippen LogP contribution in [-0.4, -0.2) is 158 Å². The summed E-state index contributed by atoms with van der Waals surface area (Å²) in [4.78, 5) is 154. The van der Waals surface area contributed by atoms with Crippen LogP contribution in [0.1, 0.15) is 219 Å². The quantitative estimate of drug-likeness (QED) is 0.0384. The molecule has 0 aliphatic rings. The third kappa shape index (κ3) is 38.2. The van der Waals surface area contributed by atoms with Gasteiger partial charge < -0.3 is 87.6 Å². The van der Waals surface area contributed by atoms with E-state index in [4.69, 9.17) is 34.4 Å². The summed E-state index contributed by atoms with van der Waals surface area (Å²) >= 11 is 0. The Morgan fingerprint density at radius 3 is 0.591 bits per heavy atom. The molecule has 0 radical (unpaired) electrons. The van der Waals surface area contributed by atoms with E-state index < -0.39 is 131 Å². The molecule has 11 atom stereocenters. The lowest BCUT2D eigenvalue weighted by molar-refractivity contribution is -0.136. The number of hydrogen-bond donors (Lipinski definition) is 16. The summed E-state index contributed by atoms with van der Waals surface area (Å²) in [5.74, 6) is -7.99. The van der Waals surface area contributed by atoms with E-state index in [0.717, 1.165) is 0 Å². The van der Waals surface area contributed by atoms with Gasteiger partial charge in [-0.2, -0.15) is 0 Å². The minimum absolute atomic E-state index is 0.0280. The van der Waals surface area contributed by atoms with Crippen LogP contribution in [-0.2, 0) is 52.7 Å². The number of unbranched alkanes of at least 4 members (excludes halogenated alkanes) is 4. The summed E-state index contributed by atoms with van der Waals surface area (Å²) in [6.07, 6.45) is 6.18. The van der Waals surface area contributed by atoms with Crippen LogP contribution >= 0.6 is 0 Å². The van der Waals surface area contributed by atoms with Crippen LogP contribution in [0.15, 0.2) is 0 Å². The zero-order valence-corrected chi connectivity index (χ0v) is 59.1. The molecule has 0 aromatic carbocycles. The Morgan fingerprint density at radius 1 is 0.237 bits per heavy atom. The third-order valence-electron chi connectivity index (χ3n) is 15.5. The van der Waals surface area contributed by atoms with Gasteiger partial charge >= 0.3 is 0 Å². The normalized spacial score (nSPS) is 15.2. The first-order valence-corrected chi connectivity index (χ1v) is 34.5. The lowest BCUT2D eigenvalue weighted by Crippen LogP contribution is -2.61. The van der Waals surface area contributed by atoms with E-state index in [0.29, 0.717) is 77.4 Å². The number of nitrogens with two attached hydrogens (primary N) is 6. The van der Waals surface area contributed by atoms with Gasteiger partial charge in [0.2, 0.25) is 65.0 Å². The maximum atomic E-state index is 14.6. The summed E-state index contributed by atoms with van der Waals surface area (Å²) < 4.78 is 0. The molecule has 27 nitrogen and oxygen atoms in total. The van der Waals surface area contributed by atoms with Crippen LogP contribution < -0.4 is 87.6 Å². The number of hydrogen-bond acceptors (Lipinski definition) is 16. The van der Waals surface area contributed by atoms with Gasteiger partial charge in [-0.05, 0) is 183 Å². The molecule has 11 amide bonds. The van der Waals surface area contributed by atoms with Gasteiger partial charge in [-0.3, -0.25) is 52.7 Å². The van der Waals surface area contributed by atoms with E-state index in [2.05, 4.69) is 53.2 Å². The van der Waals surface area contributed by atoms with Crippen molar-refractivity contribution in [3.63, 3.8) is 0 Å². The lowest BCUT2D eigenvalue weighted by atomic mass is 9.98. The van der Waals surface area contributed by atoms with Crippen molar-refractivity contribution in [1.29, 1.82) is 0 Å². The maximum Gasteiger partial charge on any atom is 0.243 e. The molecule has 0 bridgehead atoms. The van der Waals surface area contributed by atoms with E-state index in [1.54, 1.807) is 0 Å². The first-order chi connectivity index (χ1) is 43.6. The summed E-state index contributed by atoms with van der Waals surface area (Å²) in [7, 11) is 0. The second kappa shape index (κ2) is 47.8. The van der Waals surface area contributed by atoms with E-state index in [1.807, 2.05) is 96.9 Å². The summed E-state index contributed by atoms with van der Waals surface area (Å²) in [6, 6.07) is -12.3. The van der Waals surface area contributed by atoms with Gasteiger partial charge in [-0.15, -0.1) is 0 Å². The Balaban J connectivity index is 7.03. The van der Waals surface area contributed by atoms with Crippen molar-refractivity contribution in [2.75, 3.05) is 26.2 Å². The number of primary amides is 1. The molecule has 0 aliphatic carbocycles. The first-order valence-electron chi connectivity index (χ1n) is 34.5. The van der Waals surface area contributed by atoms with Crippen LogP contribution in [0.4, 0.5) is 0 Å². The highest BCUT2D eigenvalue weighted by Crippen LogP contribution is 2.17. The molecule has 27 heteroatoms. The highest BCUT2D eigenvalue weighted by molar-refractivity contribution is 5.99. The zero-order valence-electron chi connectivity index (χ0n) is 59.1. The van der Waals surface area contributed by atoms with Crippen LogP contribution in [0.5, 0.6) is 0 Å². The van der Waals surface area contributed by atoms with Gasteiger partial charge in [0, 0.05) is 0 Å². The first kappa shape index (κ1) is 87.0. The highest BCUT2D eigenvalue weighted by Gasteiger charge is 2.37. The van der Waals surface area contributed by atoms with E-state index in [9.17, 15) is 52.7 Å². The molecular weight excluding hydrogens is 1190 g/mol. The van der Waals surface area contributed by atoms with E-state index in [-0.39, 0.29) is 112 Å². The van der Waals surface area contributed by atoms with Crippen LogP contribution in [0.3, 0.4) is 0 Å². The predicted molar refractivity (Wildman–Crippen MR) is 364 cm³/mol. The number of carbonyl (C=O) groups excluding carboxylic acids is 11. The van der Waals surface area contributed by atoms with E-state index >= 15 is 0 Å². The molecule has 0 saturated carbocycles. The number of amides is 11. The fourth-order valence-electron chi connectivity index (χ4n) is 10.6. The average molecular weight is 1320 g/mol. The van der Waals surface area contributed by atoms with Gasteiger partial charge in [-0.1, -0.05) is 103 Å². The molecule has 0 aromatic heterocycles. The molecule has 0 rings (SSSR count). The molecule has 0 unspecified atom stereocenters. The van der Waals surface area contributed by atoms with Crippen molar-refractivity contribution >= 4 is 65.0 Å². The standard InChI is InChI=1S/C66H128N16O11/c1-38(2)31-49(56(72)83)76-63(90)52(34-41(7)8)82-66(93)55(37-44(13)14)79-60(87)48(26-18-22-30-70)75-62(89)51(33-40(5)6)81-65(92)54(36-43(11)12)78-59(86)47(25-17-21-29-69)74-61(88)50(32-39(3)4)80-64(91)53(35-42(9)10)77-58(85)46(24-16-20-28-68)73-57(84)45(71)23-15-19-27-67/h38-55H,15-37,67-71H2,1-14H3,(H2,72,83)(H,73,84)(H,74,88)(H,75,89)(H,76,90)(H,77,85)(H,78,86)(H,79,87)(H,80,91)(H,81,92)(H,82,93)/t45-,46+,47+,48-,49-,50-,51-,52-,53-,54-,55-/m0/s1. The molecule has 0 heterocycles. The fourth-order valence-corrected chi connectivity index (χ4v) is 10.6. The molecule has 22 N–H and O–H groups in total. The summed E-state index contributed by atoms with van der Waals surface area (Å²) in [5, 5.41) is 28.1. The third-order valence-corrected chi connectivity index (χ3v) is 15.5. The topological polar surface area (TPSA) is 464 Å². The monoisotopic (exact) mass is 1320 g/mol. The SMILES string of the molecule is CC(C)C[C@H](NC(=O)[C@H](CC(C)C)NC(=O)[C@H](CC(C)C)NC(=O)[C@H](CCCCN)NC(=O)[C@H](CC(C)C)NC(=O)[C@H](CC(C)C)NC(=O)[C@@H](CCCCN)NC(=O)[C@H](CC(C)C)NC(=O)[C@H](CC(C)C)NC(=O)[C@@H](CCCCN)NC(=O)[C@@H](N)CCCCN)C(N)=O. The molecular formula is C66H128N16O11. The molecule has 0 fully saturated rings. The van der Waals surface area contributed by atoms with Crippen molar-refractivity contribution in [1.82, 2.24) is 53.2 Å². The lowest BCUT2D eigenvalue weighted by Gasteiger charge is -2.30. The van der Waals surface area contributed by atoms with Crippen molar-refractivity contribution in [2.24, 2.45) is 75.8 Å². The average Bonchev–Trinajstić information content (AvgIpc) is 1.72. The van der Waals surface area contributed by atoms with Gasteiger partial charge in [-0.25, -0.2) is 0 Å². The van der Waals surface area contributed by atoms with Gasteiger partial charge in [0.25, 0.3) is 0 Å². The van der Waals surface area contributed by atoms with E-state index in [1.165, 1.54) is 0 Å². The molecule has 0 aliphatic heterocycles. The fraction of sp³-hybridized carbons (Fsp3) is 0.833. The summed E-state index contributed by atoms with van der Waals surface area (Å²) in [6.45, 7) is 27.5. The summed E-state index contributed by atoms with van der Waals surface area (Å²) in [5.41, 5.74) is 34.9. The minimum Gasteiger partial charge on any atom is -0.368 e. The Hall–Kier alpha value is -6.03. The van der Waals surface area contributed by atoms with Crippen LogP contribution in [0, 0.1) is 41.4 Å². The smallest absolute Gasteiger partial charge is 0.243 e. The Labute approximate surface area is 556 Å². The Morgan fingerprint density at radius 2 is 0.398 bits per heavy atom. The largest absolute Gasteiger partial charge is 0.368 e. The Kier molecular flexibility index (Phi) is 44.7. The van der Waals surface area contributed by atoms with Crippen molar-refractivity contribution in [2.45, 2.75) is 285 Å². The highest BCUT2D eigenvalue weighted by atomic mass is 16.2. The van der Waals surface area contributed by atoms with Crippen molar-refractivity contribution in [3.05, 3.63) is 0 Å². The second-order valence-electron chi connectivity index (χ2n) is 28.2. The van der Waals surface area contributed by atoms with Gasteiger partial charge in [0.1, 0.15) is 60.4 Å². The molecule has 0 saturated heterocycles. The maximum absolute atomic E-state index is 14.6. The number of nitrogens with one attached hydrogen (secondary N) is 10. The number of rotatable bonds is 51. The number of carbonyl (C=O) groups is 11. The molecule has 0 aromatic rings. The van der Waals surface area contributed by atoms with Crippen LogP contribution in [0.2, 0.25) is 0 Å². The Bertz CT molecular complexity index is 2270. The molecule has 93 heavy (non-hydrogen) atoms. The van der Waals surface area contributed by atoms with Crippen molar-refractivity contribution in [3.8, 4) is 0 Å². The van der Waals surface area contributed by atoms with Crippen LogP contribution in [0.25, 0.3) is 0 Å². The van der Waals surface area contributed by atoms with Gasteiger partial charge in [0.15, 0.2) is 0 Å². The van der Waals surface area contributed by atoms with Crippen molar-refractivity contribution < 1.29 is 52.7 Å². The minimum atomic E-state index is -1.23. The molecule has 0 spiro atoms. The predicted octanol–water partition coefficient (Wildman–Crippen LogP) is 1.49. The zero-order chi connectivity index (χ0) is 71.1. The second-order valence-corrected chi connectivity index (χ2v) is 28.2.